The van der Waals surface area contributed by atoms with Gasteiger partial charge < -0.3 is 19.4 Å². The third-order valence-electron chi connectivity index (χ3n) is 5.26. The van der Waals surface area contributed by atoms with E-state index in [1.54, 1.807) is 29.6 Å². The van der Waals surface area contributed by atoms with Crippen molar-refractivity contribution in [2.45, 2.75) is 25.0 Å². The third-order valence-corrected chi connectivity index (χ3v) is 5.26. The highest BCUT2D eigenvalue weighted by Crippen LogP contribution is 2.29. The number of benzene rings is 1. The van der Waals surface area contributed by atoms with Gasteiger partial charge in [0.25, 0.3) is 0 Å². The standard InChI is InChI=1S/C20H25FN4O4/c1-13(14-4-6-15(21)7-5-14)25-12-23-10-16(25)18(20(27)29-3)24-9-8-22-11-17(24)19(26)28-2/h4-7,10,12-13,17-18,22H,8-9,11H2,1-3H3. The van der Waals surface area contributed by atoms with Crippen LogP contribution < -0.4 is 5.32 Å². The minimum absolute atomic E-state index is 0.209. The van der Waals surface area contributed by atoms with Gasteiger partial charge in [-0.1, -0.05) is 12.1 Å². The van der Waals surface area contributed by atoms with E-state index in [0.29, 0.717) is 25.3 Å². The van der Waals surface area contributed by atoms with Crippen LogP contribution in [0.5, 0.6) is 0 Å². The normalized spacial score (nSPS) is 19.4. The second-order valence-corrected chi connectivity index (χ2v) is 6.86. The molecule has 2 heterocycles. The summed E-state index contributed by atoms with van der Waals surface area (Å²) in [4.78, 5) is 31.1. The Morgan fingerprint density at radius 2 is 1.97 bits per heavy atom. The summed E-state index contributed by atoms with van der Waals surface area (Å²) in [5.74, 6) is -1.24. The summed E-state index contributed by atoms with van der Waals surface area (Å²) in [7, 11) is 2.64. The Morgan fingerprint density at radius 3 is 2.62 bits per heavy atom. The highest BCUT2D eigenvalue weighted by molar-refractivity contribution is 5.80. The summed E-state index contributed by atoms with van der Waals surface area (Å²) >= 11 is 0. The van der Waals surface area contributed by atoms with Gasteiger partial charge in [-0.05, 0) is 24.6 Å². The molecule has 1 aliphatic heterocycles. The molecule has 3 rings (SSSR count). The van der Waals surface area contributed by atoms with Crippen molar-refractivity contribution in [2.75, 3.05) is 33.9 Å². The molecule has 0 saturated carbocycles. The van der Waals surface area contributed by atoms with Crippen LogP contribution >= 0.6 is 0 Å². The van der Waals surface area contributed by atoms with Gasteiger partial charge in [0, 0.05) is 19.6 Å². The molecular weight excluding hydrogens is 379 g/mol. The molecule has 3 atom stereocenters. The summed E-state index contributed by atoms with van der Waals surface area (Å²) in [6, 6.07) is 4.49. The first-order chi connectivity index (χ1) is 14.0. The van der Waals surface area contributed by atoms with Gasteiger partial charge in [0.15, 0.2) is 6.04 Å². The van der Waals surface area contributed by atoms with Gasteiger partial charge in [-0.3, -0.25) is 9.69 Å². The number of aromatic nitrogens is 2. The predicted octanol–water partition coefficient (Wildman–Crippen LogP) is 1.29. The molecule has 1 fully saturated rings. The van der Waals surface area contributed by atoms with Crippen LogP contribution in [0.25, 0.3) is 0 Å². The average Bonchev–Trinajstić information content (AvgIpc) is 3.23. The Labute approximate surface area is 168 Å². The zero-order valence-electron chi connectivity index (χ0n) is 16.7. The maximum Gasteiger partial charge on any atom is 0.329 e. The van der Waals surface area contributed by atoms with Crippen LogP contribution in [0.1, 0.15) is 30.3 Å². The lowest BCUT2D eigenvalue weighted by molar-refractivity contribution is -0.156. The number of carbonyl (C=O) groups is 2. The summed E-state index contributed by atoms with van der Waals surface area (Å²) < 4.78 is 25.1. The molecular formula is C20H25FN4O4. The van der Waals surface area contributed by atoms with Crippen molar-refractivity contribution in [3.63, 3.8) is 0 Å². The number of nitrogens with zero attached hydrogens (tertiary/aromatic N) is 3. The fraction of sp³-hybridized carbons (Fsp3) is 0.450. The Hall–Kier alpha value is -2.78. The van der Waals surface area contributed by atoms with Gasteiger partial charge in [-0.25, -0.2) is 14.2 Å². The molecule has 0 radical (unpaired) electrons. The maximum atomic E-state index is 13.3. The first-order valence-electron chi connectivity index (χ1n) is 9.37. The van der Waals surface area contributed by atoms with Crippen molar-refractivity contribution < 1.29 is 23.5 Å². The van der Waals surface area contributed by atoms with E-state index in [1.165, 1.54) is 26.4 Å². The van der Waals surface area contributed by atoms with Gasteiger partial charge in [0.05, 0.1) is 38.5 Å². The van der Waals surface area contributed by atoms with E-state index in [2.05, 4.69) is 10.3 Å². The van der Waals surface area contributed by atoms with Gasteiger partial charge in [0.2, 0.25) is 0 Å². The molecule has 0 aliphatic carbocycles. The van der Waals surface area contributed by atoms with Crippen LogP contribution in [0.15, 0.2) is 36.8 Å². The van der Waals surface area contributed by atoms with E-state index in [-0.39, 0.29) is 11.9 Å². The molecule has 0 spiro atoms. The van der Waals surface area contributed by atoms with Gasteiger partial charge >= 0.3 is 11.9 Å². The Bertz CT molecular complexity index is 854. The molecule has 156 valence electrons. The van der Waals surface area contributed by atoms with E-state index in [1.807, 2.05) is 11.5 Å². The molecule has 2 aromatic rings. The minimum atomic E-state index is -0.836. The number of methoxy groups -OCH3 is 2. The van der Waals surface area contributed by atoms with E-state index in [0.717, 1.165) is 5.56 Å². The first-order valence-corrected chi connectivity index (χ1v) is 9.37. The molecule has 1 aliphatic rings. The molecule has 3 unspecified atom stereocenters. The van der Waals surface area contributed by atoms with Gasteiger partial charge in [0.1, 0.15) is 11.9 Å². The number of halogens is 1. The number of ether oxygens (including phenoxy) is 2. The van der Waals surface area contributed by atoms with Crippen molar-refractivity contribution in [3.8, 4) is 0 Å². The largest absolute Gasteiger partial charge is 0.468 e. The molecule has 1 N–H and O–H groups in total. The van der Waals surface area contributed by atoms with Crippen LogP contribution in [-0.4, -0.2) is 66.3 Å². The predicted molar refractivity (Wildman–Crippen MR) is 103 cm³/mol. The molecule has 0 amide bonds. The summed E-state index contributed by atoms with van der Waals surface area (Å²) in [6.45, 7) is 3.36. The number of rotatable bonds is 6. The first kappa shape index (κ1) is 20.9. The second-order valence-electron chi connectivity index (χ2n) is 6.86. The summed E-state index contributed by atoms with van der Waals surface area (Å²) in [5, 5.41) is 3.15. The van der Waals surface area contributed by atoms with Crippen molar-refractivity contribution in [1.29, 1.82) is 0 Å². The fourth-order valence-electron chi connectivity index (χ4n) is 3.67. The Morgan fingerprint density at radius 1 is 1.24 bits per heavy atom. The number of esters is 2. The van der Waals surface area contributed by atoms with Crippen molar-refractivity contribution in [3.05, 3.63) is 53.9 Å². The molecule has 8 nitrogen and oxygen atoms in total. The lowest BCUT2D eigenvalue weighted by atomic mass is 10.0. The Kier molecular flexibility index (Phi) is 6.60. The van der Waals surface area contributed by atoms with Crippen molar-refractivity contribution >= 4 is 11.9 Å². The number of nitrogens with one attached hydrogen (secondary N) is 1. The van der Waals surface area contributed by atoms with Crippen molar-refractivity contribution in [1.82, 2.24) is 19.8 Å². The second kappa shape index (κ2) is 9.15. The quantitative estimate of drug-likeness (QED) is 0.726. The Balaban J connectivity index is 2.00. The topological polar surface area (TPSA) is 85.7 Å². The van der Waals surface area contributed by atoms with Gasteiger partial charge in [-0.15, -0.1) is 0 Å². The molecule has 1 aromatic heterocycles. The average molecular weight is 404 g/mol. The lowest BCUT2D eigenvalue weighted by Crippen LogP contribution is -2.57. The molecule has 9 heteroatoms. The molecule has 29 heavy (non-hydrogen) atoms. The van der Waals surface area contributed by atoms with Crippen LogP contribution in [0, 0.1) is 5.82 Å². The highest BCUT2D eigenvalue weighted by Gasteiger charge is 2.41. The smallest absolute Gasteiger partial charge is 0.329 e. The van der Waals surface area contributed by atoms with Crippen LogP contribution in [-0.2, 0) is 19.1 Å². The van der Waals surface area contributed by atoms with Crippen LogP contribution in [0.4, 0.5) is 4.39 Å². The monoisotopic (exact) mass is 404 g/mol. The van der Waals surface area contributed by atoms with Gasteiger partial charge in [-0.2, -0.15) is 0 Å². The van der Waals surface area contributed by atoms with E-state index >= 15 is 0 Å². The van der Waals surface area contributed by atoms with E-state index in [4.69, 9.17) is 9.47 Å². The zero-order chi connectivity index (χ0) is 21.0. The summed E-state index contributed by atoms with van der Waals surface area (Å²) in [5.41, 5.74) is 1.45. The number of hydrogen-bond donors (Lipinski definition) is 1. The third kappa shape index (κ3) is 4.30. The fourth-order valence-corrected chi connectivity index (χ4v) is 3.67. The zero-order valence-corrected chi connectivity index (χ0v) is 16.7. The maximum absolute atomic E-state index is 13.3. The molecule has 1 saturated heterocycles. The minimum Gasteiger partial charge on any atom is -0.468 e. The van der Waals surface area contributed by atoms with Crippen LogP contribution in [0.3, 0.4) is 0 Å². The lowest BCUT2D eigenvalue weighted by Gasteiger charge is -2.38. The highest BCUT2D eigenvalue weighted by atomic mass is 19.1. The van der Waals surface area contributed by atoms with Crippen molar-refractivity contribution in [2.24, 2.45) is 0 Å². The molecule has 1 aromatic carbocycles. The number of imidazole rings is 1. The number of hydrogen-bond acceptors (Lipinski definition) is 7. The number of carbonyl (C=O) groups excluding carboxylic acids is 2. The van der Waals surface area contributed by atoms with E-state index in [9.17, 15) is 14.0 Å². The molecule has 0 bridgehead atoms. The SMILES string of the molecule is COC(=O)C1CNCCN1C(C(=O)OC)c1cncn1C(C)c1ccc(F)cc1. The van der Waals surface area contributed by atoms with Crippen LogP contribution in [0.2, 0.25) is 0 Å². The summed E-state index contributed by atoms with van der Waals surface area (Å²) in [6.07, 6.45) is 3.21. The van der Waals surface area contributed by atoms with E-state index < -0.39 is 24.0 Å². The number of piperazine rings is 1.